The van der Waals surface area contributed by atoms with Crippen molar-refractivity contribution in [1.29, 1.82) is 0 Å². The zero-order valence-electron chi connectivity index (χ0n) is 9.93. The lowest BCUT2D eigenvalue weighted by Gasteiger charge is -2.06. The highest BCUT2D eigenvalue weighted by Gasteiger charge is 2.02. The molecule has 0 spiro atoms. The summed E-state index contributed by atoms with van der Waals surface area (Å²) in [4.78, 5) is 14.6. The standard InChI is InChI=1S/C12H16N2O3/c1-9(12(15)16)5-7-13-8-10-4-3-6-14-11(10)17-2/h3-6,13H,7-8H2,1-2H3,(H,15,16)/b9-5-. The monoisotopic (exact) mass is 236 g/mol. The van der Waals surface area contributed by atoms with Crippen LogP contribution >= 0.6 is 0 Å². The third-order valence-corrected chi connectivity index (χ3v) is 2.25. The number of hydrogen-bond donors (Lipinski definition) is 2. The van der Waals surface area contributed by atoms with Gasteiger partial charge in [-0.05, 0) is 13.0 Å². The number of ether oxygens (including phenoxy) is 1. The van der Waals surface area contributed by atoms with Gasteiger partial charge < -0.3 is 15.2 Å². The van der Waals surface area contributed by atoms with E-state index in [1.807, 2.05) is 12.1 Å². The van der Waals surface area contributed by atoms with E-state index in [-0.39, 0.29) is 0 Å². The van der Waals surface area contributed by atoms with Gasteiger partial charge in [-0.15, -0.1) is 0 Å². The maximum Gasteiger partial charge on any atom is 0.330 e. The van der Waals surface area contributed by atoms with Gasteiger partial charge in [-0.1, -0.05) is 12.1 Å². The normalized spacial score (nSPS) is 11.3. The summed E-state index contributed by atoms with van der Waals surface area (Å²) in [6.45, 7) is 2.64. The minimum absolute atomic E-state index is 0.329. The van der Waals surface area contributed by atoms with Crippen LogP contribution in [0.5, 0.6) is 5.88 Å². The van der Waals surface area contributed by atoms with Gasteiger partial charge in [-0.25, -0.2) is 9.78 Å². The summed E-state index contributed by atoms with van der Waals surface area (Å²) < 4.78 is 5.10. The summed E-state index contributed by atoms with van der Waals surface area (Å²) in [7, 11) is 1.57. The fourth-order valence-electron chi connectivity index (χ4n) is 1.26. The van der Waals surface area contributed by atoms with E-state index < -0.39 is 5.97 Å². The Morgan fingerprint density at radius 1 is 1.65 bits per heavy atom. The molecule has 5 heteroatoms. The van der Waals surface area contributed by atoms with E-state index in [2.05, 4.69) is 10.3 Å². The van der Waals surface area contributed by atoms with Crippen molar-refractivity contribution in [2.24, 2.45) is 0 Å². The molecule has 0 saturated carbocycles. The van der Waals surface area contributed by atoms with E-state index in [1.165, 1.54) is 0 Å². The summed E-state index contributed by atoms with van der Waals surface area (Å²) in [6, 6.07) is 3.74. The fraction of sp³-hybridized carbons (Fsp3) is 0.333. The first-order valence-corrected chi connectivity index (χ1v) is 5.23. The number of carboxylic acids is 1. The Morgan fingerprint density at radius 2 is 2.41 bits per heavy atom. The van der Waals surface area contributed by atoms with Crippen LogP contribution in [-0.4, -0.2) is 29.7 Å². The number of hydrogen-bond acceptors (Lipinski definition) is 4. The topological polar surface area (TPSA) is 71.5 Å². The second-order valence-electron chi connectivity index (χ2n) is 3.49. The fourth-order valence-corrected chi connectivity index (χ4v) is 1.26. The number of nitrogens with one attached hydrogen (secondary N) is 1. The van der Waals surface area contributed by atoms with E-state index in [0.717, 1.165) is 5.56 Å². The molecule has 17 heavy (non-hydrogen) atoms. The van der Waals surface area contributed by atoms with Gasteiger partial charge in [0.2, 0.25) is 5.88 Å². The van der Waals surface area contributed by atoms with Crippen LogP contribution in [0.25, 0.3) is 0 Å². The number of rotatable bonds is 6. The minimum Gasteiger partial charge on any atom is -0.481 e. The lowest BCUT2D eigenvalue weighted by molar-refractivity contribution is -0.132. The molecule has 0 fully saturated rings. The molecule has 2 N–H and O–H groups in total. The summed E-state index contributed by atoms with van der Waals surface area (Å²) >= 11 is 0. The van der Waals surface area contributed by atoms with Crippen LogP contribution in [0.1, 0.15) is 12.5 Å². The van der Waals surface area contributed by atoms with Gasteiger partial charge in [-0.2, -0.15) is 0 Å². The van der Waals surface area contributed by atoms with E-state index in [4.69, 9.17) is 9.84 Å². The molecule has 0 aliphatic heterocycles. The quantitative estimate of drug-likeness (QED) is 0.574. The van der Waals surface area contributed by atoms with Gasteiger partial charge in [-0.3, -0.25) is 0 Å². The lowest BCUT2D eigenvalue weighted by atomic mass is 10.2. The number of aliphatic carboxylic acids is 1. The molecule has 0 aliphatic carbocycles. The summed E-state index contributed by atoms with van der Waals surface area (Å²) in [5.41, 5.74) is 1.27. The van der Waals surface area contributed by atoms with Crippen LogP contribution in [0.3, 0.4) is 0 Å². The zero-order chi connectivity index (χ0) is 12.7. The van der Waals surface area contributed by atoms with Crippen LogP contribution in [0.2, 0.25) is 0 Å². The Bertz CT molecular complexity index is 416. The SMILES string of the molecule is COc1ncccc1CNC/C=C(/C)C(=O)O. The Kier molecular flexibility index (Phi) is 5.16. The van der Waals surface area contributed by atoms with Gasteiger partial charge in [0.1, 0.15) is 0 Å². The van der Waals surface area contributed by atoms with Crippen LogP contribution in [0, 0.1) is 0 Å². The molecule has 0 aromatic carbocycles. The second-order valence-corrected chi connectivity index (χ2v) is 3.49. The summed E-state index contributed by atoms with van der Waals surface area (Å²) in [6.07, 6.45) is 3.29. The maximum atomic E-state index is 10.5. The Hall–Kier alpha value is -1.88. The van der Waals surface area contributed by atoms with Crippen LogP contribution in [0.4, 0.5) is 0 Å². The molecule has 0 saturated heterocycles. The van der Waals surface area contributed by atoms with Gasteiger partial charge in [0, 0.05) is 30.4 Å². The molecule has 1 aromatic heterocycles. The van der Waals surface area contributed by atoms with Gasteiger partial charge >= 0.3 is 5.97 Å². The number of nitrogens with zero attached hydrogens (tertiary/aromatic N) is 1. The zero-order valence-corrected chi connectivity index (χ0v) is 9.93. The molecule has 0 radical (unpaired) electrons. The molecule has 5 nitrogen and oxygen atoms in total. The van der Waals surface area contributed by atoms with Crippen molar-refractivity contribution < 1.29 is 14.6 Å². The Balaban J connectivity index is 2.46. The third-order valence-electron chi connectivity index (χ3n) is 2.25. The molecule has 1 heterocycles. The first-order valence-electron chi connectivity index (χ1n) is 5.23. The van der Waals surface area contributed by atoms with Gasteiger partial charge in [0.05, 0.1) is 7.11 Å². The van der Waals surface area contributed by atoms with E-state index in [0.29, 0.717) is 24.5 Å². The molecular weight excluding hydrogens is 220 g/mol. The molecule has 92 valence electrons. The highest BCUT2D eigenvalue weighted by Crippen LogP contribution is 2.12. The van der Waals surface area contributed by atoms with Crippen molar-refractivity contribution in [3.63, 3.8) is 0 Å². The molecular formula is C12H16N2O3. The van der Waals surface area contributed by atoms with Gasteiger partial charge in [0.15, 0.2) is 0 Å². The first kappa shape index (κ1) is 13.2. The number of carboxylic acid groups (broad SMARTS) is 1. The average molecular weight is 236 g/mol. The Morgan fingerprint density at radius 3 is 3.06 bits per heavy atom. The Labute approximate surface area is 100 Å². The molecule has 0 atom stereocenters. The lowest BCUT2D eigenvalue weighted by Crippen LogP contribution is -2.15. The van der Waals surface area contributed by atoms with Crippen molar-refractivity contribution in [2.75, 3.05) is 13.7 Å². The number of pyridine rings is 1. The predicted molar refractivity (Wildman–Crippen MR) is 63.9 cm³/mol. The second kappa shape index (κ2) is 6.65. The first-order chi connectivity index (χ1) is 8.15. The van der Waals surface area contributed by atoms with Crippen molar-refractivity contribution in [3.05, 3.63) is 35.5 Å². The third kappa shape index (κ3) is 4.24. The highest BCUT2D eigenvalue weighted by molar-refractivity contribution is 5.85. The van der Waals surface area contributed by atoms with E-state index in [1.54, 1.807) is 26.3 Å². The molecule has 1 rings (SSSR count). The summed E-state index contributed by atoms with van der Waals surface area (Å²) in [5.74, 6) is -0.315. The maximum absolute atomic E-state index is 10.5. The number of methoxy groups -OCH3 is 1. The summed E-state index contributed by atoms with van der Waals surface area (Å²) in [5, 5.41) is 11.8. The minimum atomic E-state index is -0.897. The highest BCUT2D eigenvalue weighted by atomic mass is 16.5. The number of aromatic nitrogens is 1. The van der Waals surface area contributed by atoms with E-state index >= 15 is 0 Å². The average Bonchev–Trinajstić information content (AvgIpc) is 2.34. The molecule has 1 aromatic rings. The predicted octanol–water partition coefficient (Wildman–Crippen LogP) is 1.21. The number of carbonyl (C=O) groups is 1. The largest absolute Gasteiger partial charge is 0.481 e. The van der Waals surface area contributed by atoms with Crippen molar-refractivity contribution in [2.45, 2.75) is 13.5 Å². The van der Waals surface area contributed by atoms with Crippen LogP contribution < -0.4 is 10.1 Å². The molecule has 0 unspecified atom stereocenters. The van der Waals surface area contributed by atoms with E-state index in [9.17, 15) is 4.79 Å². The van der Waals surface area contributed by atoms with Crippen LogP contribution in [0.15, 0.2) is 30.0 Å². The van der Waals surface area contributed by atoms with Crippen molar-refractivity contribution in [1.82, 2.24) is 10.3 Å². The van der Waals surface area contributed by atoms with Crippen molar-refractivity contribution in [3.8, 4) is 5.88 Å². The smallest absolute Gasteiger partial charge is 0.330 e. The van der Waals surface area contributed by atoms with Gasteiger partial charge in [0.25, 0.3) is 0 Å². The van der Waals surface area contributed by atoms with Crippen LogP contribution in [-0.2, 0) is 11.3 Å². The molecule has 0 aliphatic rings. The van der Waals surface area contributed by atoms with Crippen molar-refractivity contribution >= 4 is 5.97 Å². The molecule has 0 amide bonds. The molecule has 0 bridgehead atoms.